The first kappa shape index (κ1) is 13.8. The van der Waals surface area contributed by atoms with E-state index >= 15 is 0 Å². The molecule has 2 atom stereocenters. The standard InChI is InChI=1S/C15H17N3O3/c1-9-8-18(7-6-12(9)19)14-10-4-2-3-5-11(10)16-17-13(14)15(20)21/h2-5,9,12,19H,6-8H2,1H3,(H,20,21). The zero-order valence-corrected chi connectivity index (χ0v) is 11.7. The van der Waals surface area contributed by atoms with Gasteiger partial charge in [-0.25, -0.2) is 4.79 Å². The lowest BCUT2D eigenvalue weighted by molar-refractivity contribution is 0.0689. The molecule has 2 aromatic rings. The maximum atomic E-state index is 11.5. The number of aliphatic hydroxyl groups excluding tert-OH is 1. The summed E-state index contributed by atoms with van der Waals surface area (Å²) in [6.45, 7) is 3.19. The molecule has 1 saturated heterocycles. The second-order valence-corrected chi connectivity index (χ2v) is 5.50. The smallest absolute Gasteiger partial charge is 0.358 e. The van der Waals surface area contributed by atoms with Gasteiger partial charge in [0.2, 0.25) is 0 Å². The average molecular weight is 287 g/mol. The molecule has 1 fully saturated rings. The van der Waals surface area contributed by atoms with E-state index in [1.807, 2.05) is 36.1 Å². The number of aromatic nitrogens is 2. The first-order valence-electron chi connectivity index (χ1n) is 6.99. The molecule has 2 heterocycles. The van der Waals surface area contributed by atoms with Crippen LogP contribution in [0.2, 0.25) is 0 Å². The molecule has 0 saturated carbocycles. The number of fused-ring (bicyclic) bond motifs is 1. The third kappa shape index (κ3) is 2.42. The van der Waals surface area contributed by atoms with Crippen LogP contribution in [0.3, 0.4) is 0 Å². The van der Waals surface area contributed by atoms with E-state index in [9.17, 15) is 15.0 Å². The van der Waals surface area contributed by atoms with Gasteiger partial charge in [0.1, 0.15) is 0 Å². The zero-order valence-electron chi connectivity index (χ0n) is 11.7. The minimum absolute atomic E-state index is 0.0303. The van der Waals surface area contributed by atoms with Gasteiger partial charge in [-0.3, -0.25) is 0 Å². The molecule has 110 valence electrons. The van der Waals surface area contributed by atoms with E-state index in [4.69, 9.17) is 0 Å². The molecule has 1 aliphatic heterocycles. The van der Waals surface area contributed by atoms with Crippen molar-refractivity contribution < 1.29 is 15.0 Å². The topological polar surface area (TPSA) is 86.6 Å². The van der Waals surface area contributed by atoms with Crippen molar-refractivity contribution in [2.75, 3.05) is 18.0 Å². The number of hydrogen-bond acceptors (Lipinski definition) is 5. The quantitative estimate of drug-likeness (QED) is 0.871. The maximum absolute atomic E-state index is 11.5. The van der Waals surface area contributed by atoms with Gasteiger partial charge in [0.25, 0.3) is 0 Å². The van der Waals surface area contributed by atoms with Crippen LogP contribution in [0.1, 0.15) is 23.8 Å². The van der Waals surface area contributed by atoms with E-state index in [0.29, 0.717) is 30.7 Å². The van der Waals surface area contributed by atoms with E-state index in [1.165, 1.54) is 0 Å². The van der Waals surface area contributed by atoms with Crippen molar-refractivity contribution in [2.45, 2.75) is 19.4 Å². The third-order valence-electron chi connectivity index (χ3n) is 4.02. The number of nitrogens with zero attached hydrogens (tertiary/aromatic N) is 3. The van der Waals surface area contributed by atoms with Crippen LogP contribution in [-0.2, 0) is 0 Å². The molecule has 2 N–H and O–H groups in total. The number of rotatable bonds is 2. The van der Waals surface area contributed by atoms with Crippen LogP contribution in [0.25, 0.3) is 10.9 Å². The minimum atomic E-state index is -1.08. The van der Waals surface area contributed by atoms with Crippen molar-refractivity contribution in [3.8, 4) is 0 Å². The summed E-state index contributed by atoms with van der Waals surface area (Å²) < 4.78 is 0. The second-order valence-electron chi connectivity index (χ2n) is 5.50. The number of benzene rings is 1. The third-order valence-corrected chi connectivity index (χ3v) is 4.02. The number of carboxylic acids is 1. The SMILES string of the molecule is CC1CN(c2c(C(=O)O)nnc3ccccc23)CCC1O. The monoisotopic (exact) mass is 287 g/mol. The minimum Gasteiger partial charge on any atom is -0.476 e. The van der Waals surface area contributed by atoms with Gasteiger partial charge in [-0.05, 0) is 18.4 Å². The Morgan fingerprint density at radius 2 is 2.10 bits per heavy atom. The fourth-order valence-corrected chi connectivity index (χ4v) is 2.84. The first-order valence-corrected chi connectivity index (χ1v) is 6.99. The van der Waals surface area contributed by atoms with E-state index in [0.717, 1.165) is 5.39 Å². The van der Waals surface area contributed by atoms with Gasteiger partial charge in [0, 0.05) is 18.5 Å². The molecule has 21 heavy (non-hydrogen) atoms. The number of aliphatic hydroxyl groups is 1. The number of carbonyl (C=O) groups is 1. The van der Waals surface area contributed by atoms with Gasteiger partial charge in [-0.15, -0.1) is 10.2 Å². The van der Waals surface area contributed by atoms with Crippen molar-refractivity contribution in [3.63, 3.8) is 0 Å². The number of anilines is 1. The van der Waals surface area contributed by atoms with Crippen LogP contribution >= 0.6 is 0 Å². The molecule has 0 bridgehead atoms. The Bertz CT molecular complexity index is 689. The fraction of sp³-hybridized carbons (Fsp3) is 0.400. The largest absolute Gasteiger partial charge is 0.476 e. The molecule has 0 amide bonds. The van der Waals surface area contributed by atoms with Gasteiger partial charge in [-0.1, -0.05) is 25.1 Å². The number of aromatic carboxylic acids is 1. The lowest BCUT2D eigenvalue weighted by Crippen LogP contribution is -2.42. The molecule has 1 aromatic carbocycles. The Kier molecular flexibility index (Phi) is 3.47. The summed E-state index contributed by atoms with van der Waals surface area (Å²) >= 11 is 0. The summed E-state index contributed by atoms with van der Waals surface area (Å²) in [6, 6.07) is 7.40. The predicted octanol–water partition coefficient (Wildman–Crippen LogP) is 1.54. The lowest BCUT2D eigenvalue weighted by Gasteiger charge is -2.36. The van der Waals surface area contributed by atoms with Crippen LogP contribution in [-0.4, -0.2) is 45.6 Å². The molecule has 0 radical (unpaired) electrons. The summed E-state index contributed by atoms with van der Waals surface area (Å²) in [7, 11) is 0. The molecule has 3 rings (SSSR count). The van der Waals surface area contributed by atoms with Crippen molar-refractivity contribution in [3.05, 3.63) is 30.0 Å². The van der Waals surface area contributed by atoms with E-state index in [2.05, 4.69) is 10.2 Å². The van der Waals surface area contributed by atoms with Crippen LogP contribution in [0.4, 0.5) is 5.69 Å². The molecule has 6 heteroatoms. The summed E-state index contributed by atoms with van der Waals surface area (Å²) in [5, 5.41) is 27.9. The Labute approximate surface area is 122 Å². The average Bonchev–Trinajstić information content (AvgIpc) is 2.49. The fourth-order valence-electron chi connectivity index (χ4n) is 2.84. The molecule has 0 spiro atoms. The number of piperidine rings is 1. The van der Waals surface area contributed by atoms with Crippen molar-refractivity contribution in [1.29, 1.82) is 0 Å². The summed E-state index contributed by atoms with van der Waals surface area (Å²) in [6.07, 6.45) is 0.284. The van der Waals surface area contributed by atoms with E-state index < -0.39 is 5.97 Å². The molecular formula is C15H17N3O3. The van der Waals surface area contributed by atoms with Gasteiger partial charge < -0.3 is 15.1 Å². The van der Waals surface area contributed by atoms with E-state index in [1.54, 1.807) is 0 Å². The van der Waals surface area contributed by atoms with Crippen LogP contribution in [0.5, 0.6) is 0 Å². The molecular weight excluding hydrogens is 270 g/mol. The number of hydrogen-bond donors (Lipinski definition) is 2. The molecule has 6 nitrogen and oxygen atoms in total. The van der Waals surface area contributed by atoms with Crippen molar-refractivity contribution in [2.24, 2.45) is 5.92 Å². The van der Waals surface area contributed by atoms with E-state index in [-0.39, 0.29) is 17.7 Å². The maximum Gasteiger partial charge on any atom is 0.358 e. The Morgan fingerprint density at radius 3 is 2.81 bits per heavy atom. The Hall–Kier alpha value is -2.21. The highest BCUT2D eigenvalue weighted by Gasteiger charge is 2.29. The molecule has 1 aliphatic rings. The van der Waals surface area contributed by atoms with Gasteiger partial charge >= 0.3 is 5.97 Å². The van der Waals surface area contributed by atoms with Gasteiger partial charge in [-0.2, -0.15) is 0 Å². The highest BCUT2D eigenvalue weighted by molar-refractivity contribution is 6.02. The molecule has 0 aliphatic carbocycles. The van der Waals surface area contributed by atoms with Crippen LogP contribution in [0.15, 0.2) is 24.3 Å². The summed E-state index contributed by atoms with van der Waals surface area (Å²) in [4.78, 5) is 13.5. The number of carboxylic acid groups (broad SMARTS) is 1. The summed E-state index contributed by atoms with van der Waals surface area (Å²) in [5.74, 6) is -0.991. The van der Waals surface area contributed by atoms with Crippen LogP contribution < -0.4 is 4.90 Å². The summed E-state index contributed by atoms with van der Waals surface area (Å²) in [5.41, 5.74) is 1.25. The second kappa shape index (κ2) is 5.29. The Morgan fingerprint density at radius 1 is 1.33 bits per heavy atom. The van der Waals surface area contributed by atoms with Crippen LogP contribution in [0, 0.1) is 5.92 Å². The Balaban J connectivity index is 2.14. The highest BCUT2D eigenvalue weighted by Crippen LogP contribution is 2.31. The van der Waals surface area contributed by atoms with Gasteiger partial charge in [0.05, 0.1) is 17.3 Å². The first-order chi connectivity index (χ1) is 10.1. The van der Waals surface area contributed by atoms with Crippen molar-refractivity contribution >= 4 is 22.6 Å². The highest BCUT2D eigenvalue weighted by atomic mass is 16.4. The van der Waals surface area contributed by atoms with Crippen molar-refractivity contribution in [1.82, 2.24) is 10.2 Å². The van der Waals surface area contributed by atoms with Gasteiger partial charge in [0.15, 0.2) is 5.69 Å². The normalized spacial score (nSPS) is 22.5. The zero-order chi connectivity index (χ0) is 15.0. The molecule has 2 unspecified atom stereocenters. The predicted molar refractivity (Wildman–Crippen MR) is 78.5 cm³/mol. The molecule has 1 aromatic heterocycles. The lowest BCUT2D eigenvalue weighted by atomic mass is 9.95.